The lowest BCUT2D eigenvalue weighted by Gasteiger charge is -2.14. The zero-order chi connectivity index (χ0) is 12.6. The summed E-state index contributed by atoms with van der Waals surface area (Å²) in [5, 5.41) is 12.0. The zero-order valence-corrected chi connectivity index (χ0v) is 10.8. The van der Waals surface area contributed by atoms with Gasteiger partial charge in [-0.1, -0.05) is 0 Å². The molecular weight excluding hydrogens is 228 g/mol. The highest BCUT2D eigenvalue weighted by Crippen LogP contribution is 2.14. The smallest absolute Gasteiger partial charge is 0.225 e. The maximum absolute atomic E-state index is 8.66. The average molecular weight is 250 g/mol. The van der Waals surface area contributed by atoms with Crippen LogP contribution in [-0.2, 0) is 6.54 Å². The van der Waals surface area contributed by atoms with E-state index < -0.39 is 0 Å². The summed E-state index contributed by atoms with van der Waals surface area (Å²) in [6, 6.07) is 0. The lowest BCUT2D eigenvalue weighted by Crippen LogP contribution is -2.21. The van der Waals surface area contributed by atoms with Crippen LogP contribution in [0, 0.1) is 0 Å². The topological polar surface area (TPSA) is 61.3 Å². The summed E-state index contributed by atoms with van der Waals surface area (Å²) in [5.41, 5.74) is 1.11. The van der Waals surface area contributed by atoms with Crippen LogP contribution in [-0.4, -0.2) is 41.3 Å². The summed E-state index contributed by atoms with van der Waals surface area (Å²) in [7, 11) is 0. The molecule has 100 valence electrons. The Labute approximate surface area is 108 Å². The van der Waals surface area contributed by atoms with Gasteiger partial charge in [0.2, 0.25) is 5.95 Å². The van der Waals surface area contributed by atoms with E-state index in [0.29, 0.717) is 0 Å². The predicted octanol–water partition coefficient (Wildman–Crippen LogP) is 0.939. The number of rotatable bonds is 7. The third-order valence-corrected chi connectivity index (χ3v) is 3.17. The van der Waals surface area contributed by atoms with Crippen molar-refractivity contribution in [1.82, 2.24) is 15.3 Å². The second kappa shape index (κ2) is 7.28. The highest BCUT2D eigenvalue weighted by Gasteiger charge is 2.14. The van der Waals surface area contributed by atoms with Gasteiger partial charge in [0.05, 0.1) is 0 Å². The maximum atomic E-state index is 8.66. The quantitative estimate of drug-likeness (QED) is 0.705. The van der Waals surface area contributed by atoms with Crippen LogP contribution < -0.4 is 10.2 Å². The maximum Gasteiger partial charge on any atom is 0.225 e. The van der Waals surface area contributed by atoms with E-state index in [0.717, 1.165) is 50.5 Å². The van der Waals surface area contributed by atoms with Crippen molar-refractivity contribution in [1.29, 1.82) is 0 Å². The predicted molar refractivity (Wildman–Crippen MR) is 71.5 cm³/mol. The van der Waals surface area contributed by atoms with Crippen molar-refractivity contribution in [2.75, 3.05) is 31.1 Å². The third kappa shape index (κ3) is 3.92. The first kappa shape index (κ1) is 13.2. The molecule has 0 unspecified atom stereocenters. The van der Waals surface area contributed by atoms with E-state index >= 15 is 0 Å². The molecule has 0 amide bonds. The highest BCUT2D eigenvalue weighted by atomic mass is 16.2. The number of unbranched alkanes of at least 4 members (excludes halogenated alkanes) is 1. The van der Waals surface area contributed by atoms with Gasteiger partial charge in [-0.2, -0.15) is 0 Å². The Bertz CT molecular complexity index is 335. The SMILES string of the molecule is OCCCCNCc1cnc(N2CCCC2)nc1. The second-order valence-corrected chi connectivity index (χ2v) is 4.69. The van der Waals surface area contributed by atoms with Crippen LogP contribution in [0.5, 0.6) is 0 Å². The van der Waals surface area contributed by atoms with Crippen molar-refractivity contribution in [3.63, 3.8) is 0 Å². The molecular formula is C13H22N4O. The first-order valence-electron chi connectivity index (χ1n) is 6.77. The van der Waals surface area contributed by atoms with Crippen LogP contribution in [0.15, 0.2) is 12.4 Å². The summed E-state index contributed by atoms with van der Waals surface area (Å²) in [5.74, 6) is 0.858. The molecule has 0 saturated carbocycles. The van der Waals surface area contributed by atoms with Crippen LogP contribution >= 0.6 is 0 Å². The molecule has 0 aromatic carbocycles. The molecule has 1 aromatic rings. The molecule has 5 heteroatoms. The molecule has 0 aliphatic carbocycles. The lowest BCUT2D eigenvalue weighted by atomic mass is 10.3. The first-order chi connectivity index (χ1) is 8.90. The molecule has 5 nitrogen and oxygen atoms in total. The standard InChI is InChI=1S/C13H22N4O/c18-8-4-1-5-14-9-12-10-15-13(16-11-12)17-6-2-3-7-17/h10-11,14,18H,1-9H2. The number of nitrogens with one attached hydrogen (secondary N) is 1. The molecule has 0 atom stereocenters. The highest BCUT2D eigenvalue weighted by molar-refractivity contribution is 5.30. The summed E-state index contributed by atoms with van der Waals surface area (Å²) in [6.07, 6.45) is 8.16. The Morgan fingerprint density at radius 1 is 1.17 bits per heavy atom. The first-order valence-corrected chi connectivity index (χ1v) is 6.77. The number of hydrogen-bond donors (Lipinski definition) is 2. The van der Waals surface area contributed by atoms with Crippen LogP contribution in [0.25, 0.3) is 0 Å². The molecule has 1 saturated heterocycles. The van der Waals surface area contributed by atoms with Gasteiger partial charge in [-0.05, 0) is 32.2 Å². The van der Waals surface area contributed by atoms with E-state index in [1.165, 1.54) is 12.8 Å². The Hall–Kier alpha value is -1.20. The zero-order valence-electron chi connectivity index (χ0n) is 10.8. The minimum absolute atomic E-state index is 0.273. The van der Waals surface area contributed by atoms with Gasteiger partial charge in [0.1, 0.15) is 0 Å². The Balaban J connectivity index is 1.73. The van der Waals surface area contributed by atoms with Gasteiger partial charge < -0.3 is 15.3 Å². The number of hydrogen-bond acceptors (Lipinski definition) is 5. The minimum Gasteiger partial charge on any atom is -0.396 e. The number of aliphatic hydroxyl groups is 1. The molecule has 1 aliphatic heterocycles. The van der Waals surface area contributed by atoms with Crippen LogP contribution in [0.3, 0.4) is 0 Å². The minimum atomic E-state index is 0.273. The average Bonchev–Trinajstić information content (AvgIpc) is 2.93. The number of aliphatic hydroxyl groups excluding tert-OH is 1. The Morgan fingerprint density at radius 3 is 2.56 bits per heavy atom. The van der Waals surface area contributed by atoms with Crippen molar-refractivity contribution < 1.29 is 5.11 Å². The number of nitrogens with zero attached hydrogens (tertiary/aromatic N) is 3. The fourth-order valence-corrected chi connectivity index (χ4v) is 2.11. The normalized spacial score (nSPS) is 15.3. The van der Waals surface area contributed by atoms with Crippen molar-refractivity contribution in [2.24, 2.45) is 0 Å². The molecule has 1 aromatic heterocycles. The van der Waals surface area contributed by atoms with Gasteiger partial charge in [0.15, 0.2) is 0 Å². The summed E-state index contributed by atoms with van der Waals surface area (Å²) >= 11 is 0. The monoisotopic (exact) mass is 250 g/mol. The summed E-state index contributed by atoms with van der Waals surface area (Å²) < 4.78 is 0. The molecule has 1 fully saturated rings. The molecule has 2 heterocycles. The fourth-order valence-electron chi connectivity index (χ4n) is 2.11. The molecule has 0 bridgehead atoms. The fraction of sp³-hybridized carbons (Fsp3) is 0.692. The van der Waals surface area contributed by atoms with E-state index in [2.05, 4.69) is 20.2 Å². The van der Waals surface area contributed by atoms with Crippen LogP contribution in [0.4, 0.5) is 5.95 Å². The van der Waals surface area contributed by atoms with Gasteiger partial charge in [-0.25, -0.2) is 9.97 Å². The molecule has 2 rings (SSSR count). The number of aromatic nitrogens is 2. The molecule has 2 N–H and O–H groups in total. The van der Waals surface area contributed by atoms with Crippen molar-refractivity contribution in [3.05, 3.63) is 18.0 Å². The van der Waals surface area contributed by atoms with E-state index in [1.807, 2.05) is 12.4 Å². The summed E-state index contributed by atoms with van der Waals surface area (Å²) in [6.45, 7) is 4.16. The molecule has 1 aliphatic rings. The van der Waals surface area contributed by atoms with Gasteiger partial charge in [-0.3, -0.25) is 0 Å². The van der Waals surface area contributed by atoms with Crippen LogP contribution in [0.2, 0.25) is 0 Å². The molecule has 0 radical (unpaired) electrons. The van der Waals surface area contributed by atoms with Gasteiger partial charge in [0.25, 0.3) is 0 Å². The van der Waals surface area contributed by atoms with Crippen molar-refractivity contribution in [3.8, 4) is 0 Å². The van der Waals surface area contributed by atoms with Gasteiger partial charge >= 0.3 is 0 Å². The molecule has 0 spiro atoms. The van der Waals surface area contributed by atoms with Gasteiger partial charge in [0, 0.05) is 44.2 Å². The van der Waals surface area contributed by atoms with Crippen molar-refractivity contribution in [2.45, 2.75) is 32.2 Å². The van der Waals surface area contributed by atoms with Crippen LogP contribution in [0.1, 0.15) is 31.2 Å². The number of anilines is 1. The third-order valence-electron chi connectivity index (χ3n) is 3.17. The molecule has 18 heavy (non-hydrogen) atoms. The summed E-state index contributed by atoms with van der Waals surface area (Å²) in [4.78, 5) is 11.1. The van der Waals surface area contributed by atoms with Gasteiger partial charge in [-0.15, -0.1) is 0 Å². The Morgan fingerprint density at radius 2 is 1.89 bits per heavy atom. The van der Waals surface area contributed by atoms with E-state index in [1.54, 1.807) is 0 Å². The van der Waals surface area contributed by atoms with E-state index in [-0.39, 0.29) is 6.61 Å². The Kier molecular flexibility index (Phi) is 5.36. The van der Waals surface area contributed by atoms with Crippen molar-refractivity contribution >= 4 is 5.95 Å². The van der Waals surface area contributed by atoms with E-state index in [4.69, 9.17) is 5.11 Å². The lowest BCUT2D eigenvalue weighted by molar-refractivity contribution is 0.283. The van der Waals surface area contributed by atoms with E-state index in [9.17, 15) is 0 Å². The second-order valence-electron chi connectivity index (χ2n) is 4.69. The largest absolute Gasteiger partial charge is 0.396 e.